The Labute approximate surface area is 142 Å². The molecule has 0 aromatic heterocycles. The van der Waals surface area contributed by atoms with Crippen molar-refractivity contribution >= 4 is 35.5 Å². The van der Waals surface area contributed by atoms with Crippen molar-refractivity contribution in [1.29, 1.82) is 0 Å². The molecule has 0 saturated carbocycles. The van der Waals surface area contributed by atoms with Crippen LogP contribution in [-0.2, 0) is 9.59 Å². The number of fused-ring (bicyclic) bond motifs is 1. The molecule has 7 heteroatoms. The smallest absolute Gasteiger partial charge is 0.241 e. The lowest BCUT2D eigenvalue weighted by molar-refractivity contribution is -0.124. The standard InChI is InChI=1S/C17H14FN3O2S/c18-12-5-3-4-11(8-12)10-19-21-16(22)9-15-17(23)20-13-6-1-2-7-14(13)24-15/h1-8,10,15H,9H2,(H,20,23)(H,21,22)/b19-10-/t15-/m1/s1. The fourth-order valence-electron chi connectivity index (χ4n) is 2.21. The summed E-state index contributed by atoms with van der Waals surface area (Å²) in [7, 11) is 0. The summed E-state index contributed by atoms with van der Waals surface area (Å²) >= 11 is 1.35. The molecular formula is C17H14FN3O2S. The molecule has 0 fully saturated rings. The molecule has 0 bridgehead atoms. The van der Waals surface area contributed by atoms with Gasteiger partial charge in [0.2, 0.25) is 11.8 Å². The summed E-state index contributed by atoms with van der Waals surface area (Å²) in [6.07, 6.45) is 1.36. The molecule has 1 atom stereocenters. The van der Waals surface area contributed by atoms with Crippen LogP contribution in [0.5, 0.6) is 0 Å². The van der Waals surface area contributed by atoms with Gasteiger partial charge in [-0.1, -0.05) is 24.3 Å². The minimum atomic E-state index is -0.510. The number of rotatable bonds is 4. The van der Waals surface area contributed by atoms with Crippen LogP contribution < -0.4 is 10.7 Å². The number of para-hydroxylation sites is 1. The first-order valence-corrected chi connectivity index (χ1v) is 8.14. The summed E-state index contributed by atoms with van der Waals surface area (Å²) in [5.74, 6) is -0.961. The van der Waals surface area contributed by atoms with Gasteiger partial charge in [-0.25, -0.2) is 9.82 Å². The highest BCUT2D eigenvalue weighted by Crippen LogP contribution is 2.36. The Morgan fingerprint density at radius 3 is 2.96 bits per heavy atom. The Hall–Kier alpha value is -2.67. The van der Waals surface area contributed by atoms with E-state index in [4.69, 9.17) is 0 Å². The van der Waals surface area contributed by atoms with Crippen LogP contribution >= 0.6 is 11.8 Å². The Balaban J connectivity index is 1.56. The summed E-state index contributed by atoms with van der Waals surface area (Å²) in [6.45, 7) is 0. The van der Waals surface area contributed by atoms with Gasteiger partial charge in [-0.2, -0.15) is 5.10 Å². The van der Waals surface area contributed by atoms with Gasteiger partial charge in [-0.05, 0) is 29.8 Å². The number of nitrogens with one attached hydrogen (secondary N) is 2. The van der Waals surface area contributed by atoms with E-state index in [-0.39, 0.29) is 24.1 Å². The predicted molar refractivity (Wildman–Crippen MR) is 91.5 cm³/mol. The second-order valence-electron chi connectivity index (χ2n) is 5.14. The number of anilines is 1. The Morgan fingerprint density at radius 1 is 1.29 bits per heavy atom. The number of carbonyl (C=O) groups excluding carboxylic acids is 2. The van der Waals surface area contributed by atoms with E-state index in [0.717, 1.165) is 10.6 Å². The number of thioether (sulfide) groups is 1. The molecule has 2 N–H and O–H groups in total. The average molecular weight is 343 g/mol. The van der Waals surface area contributed by atoms with E-state index in [1.807, 2.05) is 24.3 Å². The van der Waals surface area contributed by atoms with Gasteiger partial charge >= 0.3 is 0 Å². The van der Waals surface area contributed by atoms with Crippen molar-refractivity contribution in [2.45, 2.75) is 16.6 Å². The van der Waals surface area contributed by atoms with Gasteiger partial charge in [-0.15, -0.1) is 11.8 Å². The molecule has 1 aliphatic rings. The van der Waals surface area contributed by atoms with Crippen LogP contribution in [0.2, 0.25) is 0 Å². The number of benzene rings is 2. The Kier molecular flexibility index (Phi) is 4.90. The van der Waals surface area contributed by atoms with Gasteiger partial charge in [0.05, 0.1) is 17.2 Å². The van der Waals surface area contributed by atoms with E-state index in [2.05, 4.69) is 15.8 Å². The van der Waals surface area contributed by atoms with Gasteiger partial charge in [0, 0.05) is 11.3 Å². The van der Waals surface area contributed by atoms with Gasteiger partial charge in [-0.3, -0.25) is 9.59 Å². The molecular weight excluding hydrogens is 329 g/mol. The molecule has 24 heavy (non-hydrogen) atoms. The maximum Gasteiger partial charge on any atom is 0.241 e. The highest BCUT2D eigenvalue weighted by molar-refractivity contribution is 8.01. The fourth-order valence-corrected chi connectivity index (χ4v) is 3.32. The van der Waals surface area contributed by atoms with Crippen molar-refractivity contribution in [3.8, 4) is 0 Å². The minimum Gasteiger partial charge on any atom is -0.324 e. The maximum atomic E-state index is 13.0. The van der Waals surface area contributed by atoms with Crippen LogP contribution in [0.3, 0.4) is 0 Å². The van der Waals surface area contributed by atoms with Crippen LogP contribution in [0.15, 0.2) is 58.5 Å². The lowest BCUT2D eigenvalue weighted by Gasteiger charge is -2.23. The minimum absolute atomic E-state index is 0.00528. The van der Waals surface area contributed by atoms with Crippen molar-refractivity contribution in [3.63, 3.8) is 0 Å². The van der Waals surface area contributed by atoms with Crippen LogP contribution in [0, 0.1) is 5.82 Å². The number of halogens is 1. The van der Waals surface area contributed by atoms with E-state index < -0.39 is 5.25 Å². The van der Waals surface area contributed by atoms with Gasteiger partial charge in [0.15, 0.2) is 0 Å². The third kappa shape index (κ3) is 3.99. The first-order chi connectivity index (χ1) is 11.6. The van der Waals surface area contributed by atoms with Crippen LogP contribution in [0.4, 0.5) is 10.1 Å². The molecule has 0 spiro atoms. The first-order valence-electron chi connectivity index (χ1n) is 7.26. The molecule has 1 aliphatic heterocycles. The number of hydrogen-bond donors (Lipinski definition) is 2. The SMILES string of the molecule is O=C(C[C@H]1Sc2ccccc2NC1=O)N/N=C\c1cccc(F)c1. The summed E-state index contributed by atoms with van der Waals surface area (Å²) in [5, 5.41) is 6.06. The van der Waals surface area contributed by atoms with E-state index in [0.29, 0.717) is 5.56 Å². The van der Waals surface area contributed by atoms with Crippen LogP contribution in [-0.4, -0.2) is 23.3 Å². The molecule has 0 aliphatic carbocycles. The van der Waals surface area contributed by atoms with Gasteiger partial charge in [0.1, 0.15) is 5.82 Å². The summed E-state index contributed by atoms with van der Waals surface area (Å²) < 4.78 is 13.0. The summed E-state index contributed by atoms with van der Waals surface area (Å²) in [4.78, 5) is 24.9. The van der Waals surface area contributed by atoms with E-state index >= 15 is 0 Å². The zero-order valence-corrected chi connectivity index (χ0v) is 13.3. The first kappa shape index (κ1) is 16.2. The lowest BCUT2D eigenvalue weighted by atomic mass is 10.2. The van der Waals surface area contributed by atoms with E-state index in [1.165, 1.54) is 30.1 Å². The largest absolute Gasteiger partial charge is 0.324 e. The Morgan fingerprint density at radius 2 is 2.12 bits per heavy atom. The Bertz CT molecular complexity index is 810. The summed E-state index contributed by atoms with van der Waals surface area (Å²) in [6, 6.07) is 13.3. The van der Waals surface area contributed by atoms with Crippen molar-refractivity contribution in [3.05, 3.63) is 59.9 Å². The predicted octanol–water partition coefficient (Wildman–Crippen LogP) is 2.78. The quantitative estimate of drug-likeness (QED) is 0.662. The molecule has 3 rings (SSSR count). The number of amides is 2. The zero-order valence-electron chi connectivity index (χ0n) is 12.5. The lowest BCUT2D eigenvalue weighted by Crippen LogP contribution is -2.33. The number of nitrogens with zero attached hydrogens (tertiary/aromatic N) is 1. The second-order valence-corrected chi connectivity index (χ2v) is 6.39. The normalized spacial score (nSPS) is 16.5. The van der Waals surface area contributed by atoms with E-state index in [9.17, 15) is 14.0 Å². The molecule has 0 unspecified atom stereocenters. The number of hydrogen-bond acceptors (Lipinski definition) is 4. The third-order valence-corrected chi connectivity index (χ3v) is 4.60. The topological polar surface area (TPSA) is 70.6 Å². The number of carbonyl (C=O) groups is 2. The van der Waals surface area contributed by atoms with Gasteiger partial charge in [0.25, 0.3) is 0 Å². The highest BCUT2D eigenvalue weighted by atomic mass is 32.2. The van der Waals surface area contributed by atoms with Gasteiger partial charge < -0.3 is 5.32 Å². The third-order valence-electron chi connectivity index (χ3n) is 3.33. The van der Waals surface area contributed by atoms with Crippen molar-refractivity contribution < 1.29 is 14.0 Å². The molecule has 122 valence electrons. The molecule has 5 nitrogen and oxygen atoms in total. The molecule has 0 saturated heterocycles. The fraction of sp³-hybridized carbons (Fsp3) is 0.118. The second kappa shape index (κ2) is 7.27. The van der Waals surface area contributed by atoms with Crippen LogP contribution in [0.25, 0.3) is 0 Å². The van der Waals surface area contributed by atoms with Crippen molar-refractivity contribution in [2.24, 2.45) is 5.10 Å². The van der Waals surface area contributed by atoms with Crippen LogP contribution in [0.1, 0.15) is 12.0 Å². The van der Waals surface area contributed by atoms with Crippen molar-refractivity contribution in [2.75, 3.05) is 5.32 Å². The highest BCUT2D eigenvalue weighted by Gasteiger charge is 2.28. The van der Waals surface area contributed by atoms with Crippen molar-refractivity contribution in [1.82, 2.24) is 5.43 Å². The number of hydrazone groups is 1. The maximum absolute atomic E-state index is 13.0. The van der Waals surface area contributed by atoms with E-state index in [1.54, 1.807) is 12.1 Å². The molecule has 2 amide bonds. The molecule has 2 aromatic carbocycles. The molecule has 2 aromatic rings. The average Bonchev–Trinajstić information content (AvgIpc) is 2.55. The molecule has 0 radical (unpaired) electrons. The molecule has 1 heterocycles. The zero-order chi connectivity index (χ0) is 16.9. The summed E-state index contributed by atoms with van der Waals surface area (Å²) in [5.41, 5.74) is 3.65. The monoisotopic (exact) mass is 343 g/mol.